The van der Waals surface area contributed by atoms with Crippen LogP contribution in [-0.2, 0) is 20.0 Å². The summed E-state index contributed by atoms with van der Waals surface area (Å²) < 4.78 is 57.9. The predicted molar refractivity (Wildman–Crippen MR) is 87.4 cm³/mol. The third-order valence-electron chi connectivity index (χ3n) is 3.73. The highest BCUT2D eigenvalue weighted by Crippen LogP contribution is 2.18. The van der Waals surface area contributed by atoms with Crippen molar-refractivity contribution in [1.29, 1.82) is 0 Å². The maximum atomic E-state index is 12.1. The Hall–Kier alpha value is -1.16. The van der Waals surface area contributed by atoms with Gasteiger partial charge in [-0.15, -0.1) is 0 Å². The molecule has 1 aromatic rings. The number of methoxy groups -OCH3 is 1. The van der Waals surface area contributed by atoms with Crippen LogP contribution >= 0.6 is 0 Å². The highest BCUT2D eigenvalue weighted by molar-refractivity contribution is 7.90. The van der Waals surface area contributed by atoms with Crippen molar-refractivity contribution in [3.8, 4) is 5.75 Å². The number of benzene rings is 1. The minimum Gasteiger partial charge on any atom is -0.497 e. The number of ether oxygens (including phenoxy) is 1. The van der Waals surface area contributed by atoms with Crippen LogP contribution in [0.5, 0.6) is 5.75 Å². The Bertz CT molecular complexity index is 708. The molecule has 9 heteroatoms. The highest BCUT2D eigenvalue weighted by atomic mass is 32.2. The molecule has 0 spiro atoms. The van der Waals surface area contributed by atoms with Crippen molar-refractivity contribution < 1.29 is 21.6 Å². The normalized spacial score (nSPS) is 16.6. The van der Waals surface area contributed by atoms with E-state index in [-0.39, 0.29) is 23.2 Å². The van der Waals surface area contributed by atoms with Crippen molar-refractivity contribution >= 4 is 20.0 Å². The first-order valence-electron chi connectivity index (χ1n) is 7.46. The predicted octanol–water partition coefficient (Wildman–Crippen LogP) is 0.836. The lowest BCUT2D eigenvalue weighted by molar-refractivity contribution is 0.414. The van der Waals surface area contributed by atoms with Crippen molar-refractivity contribution in [3.63, 3.8) is 0 Å². The van der Waals surface area contributed by atoms with Gasteiger partial charge in [-0.3, -0.25) is 0 Å². The summed E-state index contributed by atoms with van der Waals surface area (Å²) in [7, 11) is -5.72. The molecule has 130 valence electrons. The standard InChI is InChI=1S/C14H22N2O5S2/c1-21-13-6-8-14(9-7-13)23(19,20)15-10-11-22(17,18)16-12-4-2-3-5-12/h6-9,12,15-16H,2-5,10-11H2,1H3. The molecule has 1 fully saturated rings. The molecule has 0 radical (unpaired) electrons. The van der Waals surface area contributed by atoms with Crippen molar-refractivity contribution in [2.45, 2.75) is 36.6 Å². The van der Waals surface area contributed by atoms with E-state index in [0.717, 1.165) is 25.7 Å². The summed E-state index contributed by atoms with van der Waals surface area (Å²) in [4.78, 5) is 0.0689. The van der Waals surface area contributed by atoms with Gasteiger partial charge >= 0.3 is 0 Å². The number of hydrogen-bond acceptors (Lipinski definition) is 5. The van der Waals surface area contributed by atoms with E-state index in [9.17, 15) is 16.8 Å². The summed E-state index contributed by atoms with van der Waals surface area (Å²) in [5.41, 5.74) is 0. The van der Waals surface area contributed by atoms with Crippen molar-refractivity contribution in [2.75, 3.05) is 19.4 Å². The van der Waals surface area contributed by atoms with Gasteiger partial charge in [0.1, 0.15) is 5.75 Å². The van der Waals surface area contributed by atoms with E-state index in [4.69, 9.17) is 4.74 Å². The molecular formula is C14H22N2O5S2. The Kier molecular flexibility index (Phi) is 6.01. The molecule has 0 saturated heterocycles. The molecule has 0 bridgehead atoms. The molecule has 23 heavy (non-hydrogen) atoms. The van der Waals surface area contributed by atoms with Crippen LogP contribution in [0.4, 0.5) is 0 Å². The largest absolute Gasteiger partial charge is 0.497 e. The number of sulfonamides is 2. The lowest BCUT2D eigenvalue weighted by Crippen LogP contribution is -2.38. The Morgan fingerprint density at radius 2 is 1.70 bits per heavy atom. The van der Waals surface area contributed by atoms with Gasteiger partial charge in [0.2, 0.25) is 20.0 Å². The zero-order valence-corrected chi connectivity index (χ0v) is 14.6. The minimum atomic E-state index is -3.73. The SMILES string of the molecule is COc1ccc(S(=O)(=O)NCCS(=O)(=O)NC2CCCC2)cc1. The van der Waals surface area contributed by atoms with E-state index in [2.05, 4.69) is 9.44 Å². The third kappa shape index (κ3) is 5.45. The van der Waals surface area contributed by atoms with Crippen molar-refractivity contribution in [1.82, 2.24) is 9.44 Å². The Balaban J connectivity index is 1.88. The van der Waals surface area contributed by atoms with Crippen LogP contribution in [0.1, 0.15) is 25.7 Å². The van der Waals surface area contributed by atoms with E-state index < -0.39 is 20.0 Å². The van der Waals surface area contributed by atoms with Crippen molar-refractivity contribution in [2.24, 2.45) is 0 Å². The molecule has 7 nitrogen and oxygen atoms in total. The van der Waals surface area contributed by atoms with Gasteiger partial charge in [-0.25, -0.2) is 26.3 Å². The summed E-state index contributed by atoms with van der Waals surface area (Å²) in [5, 5.41) is 0. The molecule has 0 amide bonds. The topological polar surface area (TPSA) is 102 Å². The summed E-state index contributed by atoms with van der Waals surface area (Å²) >= 11 is 0. The Labute approximate surface area is 137 Å². The van der Waals surface area contributed by atoms with Gasteiger partial charge in [0.05, 0.1) is 17.8 Å². The second-order valence-corrected chi connectivity index (χ2v) is 9.13. The monoisotopic (exact) mass is 362 g/mol. The van der Waals surface area contributed by atoms with Gasteiger partial charge in [0, 0.05) is 12.6 Å². The molecule has 0 atom stereocenters. The molecule has 1 saturated carbocycles. The summed E-state index contributed by atoms with van der Waals surface area (Å²) in [5.74, 6) is 0.270. The molecule has 2 N–H and O–H groups in total. The molecule has 0 heterocycles. The van der Waals surface area contributed by atoms with Crippen LogP contribution in [0.25, 0.3) is 0 Å². The van der Waals surface area contributed by atoms with E-state index in [1.54, 1.807) is 0 Å². The number of rotatable bonds is 8. The fourth-order valence-electron chi connectivity index (χ4n) is 2.51. The number of hydrogen-bond donors (Lipinski definition) is 2. The first kappa shape index (κ1) is 18.2. The molecular weight excluding hydrogens is 340 g/mol. The number of nitrogens with one attached hydrogen (secondary N) is 2. The molecule has 0 aromatic heterocycles. The lowest BCUT2D eigenvalue weighted by Gasteiger charge is -2.13. The van der Waals surface area contributed by atoms with Crippen LogP contribution < -0.4 is 14.2 Å². The highest BCUT2D eigenvalue weighted by Gasteiger charge is 2.22. The first-order chi connectivity index (χ1) is 10.8. The van der Waals surface area contributed by atoms with Gasteiger partial charge in [-0.1, -0.05) is 12.8 Å². The summed E-state index contributed by atoms with van der Waals surface area (Å²) in [6.45, 7) is -0.170. The van der Waals surface area contributed by atoms with Gasteiger partial charge in [0.15, 0.2) is 0 Å². The van der Waals surface area contributed by atoms with Crippen LogP contribution in [0, 0.1) is 0 Å². The minimum absolute atomic E-state index is 0.0156. The molecule has 1 aliphatic carbocycles. The van der Waals surface area contributed by atoms with Gasteiger partial charge in [0.25, 0.3) is 0 Å². The fraction of sp³-hybridized carbons (Fsp3) is 0.571. The summed E-state index contributed by atoms with van der Waals surface area (Å²) in [6.07, 6.45) is 3.74. The molecule has 1 aliphatic rings. The van der Waals surface area contributed by atoms with E-state index >= 15 is 0 Å². The fourth-order valence-corrected chi connectivity index (χ4v) is 4.90. The van der Waals surface area contributed by atoms with Crippen LogP contribution in [0.15, 0.2) is 29.2 Å². The van der Waals surface area contributed by atoms with Crippen LogP contribution in [0.2, 0.25) is 0 Å². The second-order valence-electron chi connectivity index (χ2n) is 5.49. The van der Waals surface area contributed by atoms with E-state index in [1.807, 2.05) is 0 Å². The quantitative estimate of drug-likeness (QED) is 0.713. The average molecular weight is 362 g/mol. The maximum Gasteiger partial charge on any atom is 0.240 e. The molecule has 0 unspecified atom stereocenters. The van der Waals surface area contributed by atoms with Gasteiger partial charge < -0.3 is 4.74 Å². The maximum absolute atomic E-state index is 12.1. The van der Waals surface area contributed by atoms with Crippen molar-refractivity contribution in [3.05, 3.63) is 24.3 Å². The van der Waals surface area contributed by atoms with E-state index in [0.29, 0.717) is 5.75 Å². The Morgan fingerprint density at radius 3 is 2.26 bits per heavy atom. The average Bonchev–Trinajstić information content (AvgIpc) is 2.99. The van der Waals surface area contributed by atoms with Crippen LogP contribution in [0.3, 0.4) is 0 Å². The molecule has 2 rings (SSSR count). The third-order valence-corrected chi connectivity index (χ3v) is 6.64. The molecule has 0 aliphatic heterocycles. The van der Waals surface area contributed by atoms with Gasteiger partial charge in [-0.2, -0.15) is 0 Å². The lowest BCUT2D eigenvalue weighted by atomic mass is 10.3. The second kappa shape index (κ2) is 7.61. The van der Waals surface area contributed by atoms with E-state index in [1.165, 1.54) is 31.4 Å². The van der Waals surface area contributed by atoms with Crippen LogP contribution in [-0.4, -0.2) is 42.3 Å². The first-order valence-corrected chi connectivity index (χ1v) is 10.6. The Morgan fingerprint density at radius 1 is 1.09 bits per heavy atom. The zero-order valence-electron chi connectivity index (χ0n) is 13.0. The van der Waals surface area contributed by atoms with Gasteiger partial charge in [-0.05, 0) is 37.1 Å². The zero-order chi connectivity index (χ0) is 16.9. The summed E-state index contributed by atoms with van der Waals surface area (Å²) in [6, 6.07) is 5.87. The molecule has 1 aromatic carbocycles. The smallest absolute Gasteiger partial charge is 0.240 e.